The number of nitrogens with one attached hydrogen (secondary N) is 1. The maximum absolute atomic E-state index is 14.1. The normalized spacial score (nSPS) is 14.7. The molecule has 0 radical (unpaired) electrons. The first-order valence-corrected chi connectivity index (χ1v) is 16.0. The zero-order chi connectivity index (χ0) is 29.2. The van der Waals surface area contributed by atoms with Crippen LogP contribution in [0.5, 0.6) is 0 Å². The first kappa shape index (κ1) is 30.3. The molecule has 0 heterocycles. The van der Waals surface area contributed by atoms with Gasteiger partial charge in [-0.2, -0.15) is 0 Å². The van der Waals surface area contributed by atoms with Gasteiger partial charge in [-0.15, -0.1) is 0 Å². The van der Waals surface area contributed by atoms with Crippen molar-refractivity contribution < 1.29 is 18.0 Å². The second-order valence-corrected chi connectivity index (χ2v) is 12.6. The lowest BCUT2D eigenvalue weighted by molar-refractivity contribution is -0.140. The van der Waals surface area contributed by atoms with E-state index in [4.69, 9.17) is 0 Å². The zero-order valence-electron chi connectivity index (χ0n) is 24.0. The highest BCUT2D eigenvalue weighted by atomic mass is 32.2. The summed E-state index contributed by atoms with van der Waals surface area (Å²) in [4.78, 5) is 29.4. The highest BCUT2D eigenvalue weighted by Gasteiger charge is 2.34. The molecule has 0 unspecified atom stereocenters. The molecule has 4 rings (SSSR count). The van der Waals surface area contributed by atoms with Crippen LogP contribution in [0.4, 0.5) is 5.69 Å². The van der Waals surface area contributed by atoms with E-state index in [0.29, 0.717) is 25.1 Å². The number of hydrogen-bond acceptors (Lipinski definition) is 4. The van der Waals surface area contributed by atoms with Gasteiger partial charge in [0.2, 0.25) is 11.8 Å². The minimum absolute atomic E-state index is 0.104. The Morgan fingerprint density at radius 2 is 1.56 bits per heavy atom. The van der Waals surface area contributed by atoms with E-state index < -0.39 is 28.5 Å². The second kappa shape index (κ2) is 14.3. The summed E-state index contributed by atoms with van der Waals surface area (Å²) in [6.45, 7) is 3.66. The molecule has 1 saturated carbocycles. The van der Waals surface area contributed by atoms with Crippen molar-refractivity contribution in [1.29, 1.82) is 0 Å². The van der Waals surface area contributed by atoms with Gasteiger partial charge in [0.15, 0.2) is 0 Å². The Morgan fingerprint density at radius 3 is 2.20 bits per heavy atom. The maximum Gasteiger partial charge on any atom is 0.264 e. The fraction of sp³-hybridized carbons (Fsp3) is 0.394. The largest absolute Gasteiger partial charge is 0.352 e. The van der Waals surface area contributed by atoms with Crippen LogP contribution >= 0.6 is 0 Å². The van der Waals surface area contributed by atoms with Gasteiger partial charge in [0.25, 0.3) is 10.0 Å². The SMILES string of the molecule is CC[C@@H](C(=O)NC1CCCCC1)N(CCc1ccccc1)C(=O)CN(c1cccc(C)c1)S(=O)(=O)c1ccccc1. The maximum atomic E-state index is 14.1. The predicted molar refractivity (Wildman–Crippen MR) is 163 cm³/mol. The van der Waals surface area contributed by atoms with E-state index in [2.05, 4.69) is 5.32 Å². The third-order valence-electron chi connectivity index (χ3n) is 7.72. The molecule has 218 valence electrons. The lowest BCUT2D eigenvalue weighted by atomic mass is 9.95. The molecule has 0 bridgehead atoms. The van der Waals surface area contributed by atoms with E-state index in [9.17, 15) is 18.0 Å². The molecule has 3 aromatic carbocycles. The Hall–Kier alpha value is -3.65. The van der Waals surface area contributed by atoms with Crippen LogP contribution in [0.3, 0.4) is 0 Å². The predicted octanol–water partition coefficient (Wildman–Crippen LogP) is 5.49. The average Bonchev–Trinajstić information content (AvgIpc) is 2.99. The van der Waals surface area contributed by atoms with Crippen LogP contribution in [0.2, 0.25) is 0 Å². The number of hydrogen-bond donors (Lipinski definition) is 1. The Morgan fingerprint density at radius 1 is 0.902 bits per heavy atom. The van der Waals surface area contributed by atoms with Gasteiger partial charge in [-0.1, -0.05) is 86.8 Å². The van der Waals surface area contributed by atoms with Gasteiger partial charge in [0.1, 0.15) is 12.6 Å². The van der Waals surface area contributed by atoms with E-state index >= 15 is 0 Å². The van der Waals surface area contributed by atoms with Crippen molar-refractivity contribution in [2.45, 2.75) is 75.8 Å². The molecule has 7 nitrogen and oxygen atoms in total. The number of aryl methyl sites for hydroxylation is 1. The molecule has 0 aliphatic heterocycles. The molecule has 2 amide bonds. The third kappa shape index (κ3) is 7.97. The van der Waals surface area contributed by atoms with Crippen LogP contribution < -0.4 is 9.62 Å². The van der Waals surface area contributed by atoms with E-state index in [0.717, 1.165) is 36.8 Å². The van der Waals surface area contributed by atoms with Crippen molar-refractivity contribution >= 4 is 27.5 Å². The average molecular weight is 576 g/mol. The van der Waals surface area contributed by atoms with Crippen LogP contribution in [0.15, 0.2) is 89.8 Å². The monoisotopic (exact) mass is 575 g/mol. The number of nitrogens with zero attached hydrogens (tertiary/aromatic N) is 2. The lowest BCUT2D eigenvalue weighted by Crippen LogP contribution is -2.54. The molecule has 0 aromatic heterocycles. The molecule has 41 heavy (non-hydrogen) atoms. The smallest absolute Gasteiger partial charge is 0.264 e. The highest BCUT2D eigenvalue weighted by molar-refractivity contribution is 7.92. The topological polar surface area (TPSA) is 86.8 Å². The standard InChI is InChI=1S/C33H41N3O4S/c1-3-31(33(38)34-28-17-9-5-10-18-28)35(23-22-27-15-7-4-8-16-27)32(37)25-36(29-19-13-14-26(2)24-29)41(39,40)30-20-11-6-12-21-30/h4,6-8,11-16,19-21,24,28,31H,3,5,9-10,17-18,22-23,25H2,1-2H3,(H,34,38)/t31-/m0/s1. The summed E-state index contributed by atoms with van der Waals surface area (Å²) in [5.74, 6) is -0.582. The van der Waals surface area contributed by atoms with E-state index in [1.54, 1.807) is 41.3 Å². The number of benzene rings is 3. The number of carbonyl (C=O) groups excluding carboxylic acids is 2. The fourth-order valence-corrected chi connectivity index (χ4v) is 6.90. The molecule has 1 fully saturated rings. The van der Waals surface area contributed by atoms with Gasteiger partial charge < -0.3 is 10.2 Å². The molecule has 1 atom stereocenters. The molecule has 8 heteroatoms. The molecule has 1 aliphatic rings. The van der Waals surface area contributed by atoms with Gasteiger partial charge in [-0.25, -0.2) is 8.42 Å². The third-order valence-corrected chi connectivity index (χ3v) is 9.51. The van der Waals surface area contributed by atoms with Gasteiger partial charge in [-0.05, 0) is 68.0 Å². The summed E-state index contributed by atoms with van der Waals surface area (Å²) < 4.78 is 29.0. The van der Waals surface area contributed by atoms with Crippen molar-refractivity contribution in [1.82, 2.24) is 10.2 Å². The van der Waals surface area contributed by atoms with Crippen LogP contribution in [0.25, 0.3) is 0 Å². The number of rotatable bonds is 12. The molecule has 0 spiro atoms. The molecule has 3 aromatic rings. The molecule has 1 aliphatic carbocycles. The van der Waals surface area contributed by atoms with E-state index in [-0.39, 0.29) is 16.8 Å². The summed E-state index contributed by atoms with van der Waals surface area (Å²) in [6, 6.07) is 24.5. The molecular weight excluding hydrogens is 534 g/mol. The quantitative estimate of drug-likeness (QED) is 0.310. The Balaban J connectivity index is 1.65. The summed E-state index contributed by atoms with van der Waals surface area (Å²) in [7, 11) is -4.06. The van der Waals surface area contributed by atoms with Gasteiger partial charge >= 0.3 is 0 Å². The van der Waals surface area contributed by atoms with Gasteiger partial charge in [0.05, 0.1) is 10.6 Å². The van der Waals surface area contributed by atoms with Crippen LogP contribution in [0, 0.1) is 6.92 Å². The first-order chi connectivity index (χ1) is 19.8. The summed E-state index contributed by atoms with van der Waals surface area (Å²) in [5.41, 5.74) is 2.33. The summed E-state index contributed by atoms with van der Waals surface area (Å²) in [5, 5.41) is 3.19. The van der Waals surface area contributed by atoms with Crippen LogP contribution in [0.1, 0.15) is 56.6 Å². The second-order valence-electron chi connectivity index (χ2n) is 10.8. The molecule has 1 N–H and O–H groups in total. The zero-order valence-corrected chi connectivity index (χ0v) is 24.9. The Labute approximate surface area is 244 Å². The summed E-state index contributed by atoms with van der Waals surface area (Å²) >= 11 is 0. The van der Waals surface area contributed by atoms with E-state index in [1.165, 1.54) is 22.9 Å². The van der Waals surface area contributed by atoms with Crippen LogP contribution in [-0.4, -0.2) is 50.3 Å². The minimum atomic E-state index is -4.06. The lowest BCUT2D eigenvalue weighted by Gasteiger charge is -2.34. The number of carbonyl (C=O) groups is 2. The van der Waals surface area contributed by atoms with Gasteiger partial charge in [0, 0.05) is 12.6 Å². The Kier molecular flexibility index (Phi) is 10.6. The molecule has 0 saturated heterocycles. The number of anilines is 1. The first-order valence-electron chi connectivity index (χ1n) is 14.6. The van der Waals surface area contributed by atoms with Crippen molar-refractivity contribution in [2.24, 2.45) is 0 Å². The van der Waals surface area contributed by atoms with Crippen molar-refractivity contribution in [3.05, 3.63) is 96.1 Å². The van der Waals surface area contributed by atoms with Crippen molar-refractivity contribution in [3.8, 4) is 0 Å². The summed E-state index contributed by atoms with van der Waals surface area (Å²) in [6.07, 6.45) is 6.20. The number of sulfonamides is 1. The number of amides is 2. The fourth-order valence-electron chi connectivity index (χ4n) is 5.47. The van der Waals surface area contributed by atoms with Gasteiger partial charge in [-0.3, -0.25) is 13.9 Å². The Bertz CT molecular complexity index is 1390. The highest BCUT2D eigenvalue weighted by Crippen LogP contribution is 2.25. The molecular formula is C33H41N3O4S. The van der Waals surface area contributed by atoms with Crippen molar-refractivity contribution in [2.75, 3.05) is 17.4 Å². The van der Waals surface area contributed by atoms with Crippen molar-refractivity contribution in [3.63, 3.8) is 0 Å². The van der Waals surface area contributed by atoms with E-state index in [1.807, 2.05) is 50.2 Å². The van der Waals surface area contributed by atoms with Crippen LogP contribution in [-0.2, 0) is 26.0 Å². The minimum Gasteiger partial charge on any atom is -0.352 e.